The lowest BCUT2D eigenvalue weighted by Crippen LogP contribution is -2.16. The minimum absolute atomic E-state index is 0.628. The quantitative estimate of drug-likeness (QED) is 0.811. The van der Waals surface area contributed by atoms with Crippen LogP contribution in [0.5, 0.6) is 0 Å². The molecule has 0 fully saturated rings. The maximum atomic E-state index is 5.96. The standard InChI is InChI=1S/C10H12ClNS/c1-12-5-7-6-13-10-3-2-8(11)4-9(7)10/h2-4,7,12H,5-6H2,1H3. The second-order valence-corrected chi connectivity index (χ2v) is 4.75. The summed E-state index contributed by atoms with van der Waals surface area (Å²) in [7, 11) is 1.99. The van der Waals surface area contributed by atoms with Gasteiger partial charge in [-0.05, 0) is 30.8 Å². The van der Waals surface area contributed by atoms with E-state index >= 15 is 0 Å². The molecular formula is C10H12ClNS. The van der Waals surface area contributed by atoms with Crippen LogP contribution in [-0.2, 0) is 0 Å². The number of thioether (sulfide) groups is 1. The Bertz CT molecular complexity index is 312. The van der Waals surface area contributed by atoms with Crippen molar-refractivity contribution in [2.45, 2.75) is 10.8 Å². The maximum absolute atomic E-state index is 5.96. The van der Waals surface area contributed by atoms with Gasteiger partial charge in [-0.25, -0.2) is 0 Å². The van der Waals surface area contributed by atoms with Gasteiger partial charge in [-0.3, -0.25) is 0 Å². The molecule has 13 heavy (non-hydrogen) atoms. The van der Waals surface area contributed by atoms with Crippen LogP contribution in [-0.4, -0.2) is 19.3 Å². The first-order valence-electron chi connectivity index (χ1n) is 4.38. The molecule has 1 heterocycles. The number of hydrogen-bond acceptors (Lipinski definition) is 2. The molecule has 1 unspecified atom stereocenters. The highest BCUT2D eigenvalue weighted by molar-refractivity contribution is 7.99. The molecule has 0 spiro atoms. The van der Waals surface area contributed by atoms with Crippen molar-refractivity contribution >= 4 is 23.4 Å². The van der Waals surface area contributed by atoms with Crippen molar-refractivity contribution in [1.29, 1.82) is 0 Å². The zero-order valence-electron chi connectivity index (χ0n) is 7.51. The molecule has 1 aromatic carbocycles. The van der Waals surface area contributed by atoms with E-state index in [1.54, 1.807) is 0 Å². The molecule has 1 atom stereocenters. The van der Waals surface area contributed by atoms with Gasteiger partial charge in [0.15, 0.2) is 0 Å². The summed E-state index contributed by atoms with van der Waals surface area (Å²) in [5, 5.41) is 4.06. The summed E-state index contributed by atoms with van der Waals surface area (Å²) in [6, 6.07) is 6.19. The van der Waals surface area contributed by atoms with Crippen LogP contribution in [0.15, 0.2) is 23.1 Å². The number of halogens is 1. The topological polar surface area (TPSA) is 12.0 Å². The second kappa shape index (κ2) is 3.91. The number of likely N-dealkylation sites (N-methyl/N-ethyl adjacent to an activating group) is 1. The minimum Gasteiger partial charge on any atom is -0.319 e. The molecule has 1 N–H and O–H groups in total. The molecule has 0 saturated heterocycles. The number of hydrogen-bond donors (Lipinski definition) is 1. The van der Waals surface area contributed by atoms with E-state index in [0.29, 0.717) is 5.92 Å². The van der Waals surface area contributed by atoms with Gasteiger partial charge >= 0.3 is 0 Å². The molecule has 0 amide bonds. The van der Waals surface area contributed by atoms with E-state index in [9.17, 15) is 0 Å². The molecule has 1 aliphatic heterocycles. The predicted molar refractivity (Wildman–Crippen MR) is 58.8 cm³/mol. The summed E-state index contributed by atoms with van der Waals surface area (Å²) in [4.78, 5) is 1.39. The van der Waals surface area contributed by atoms with E-state index < -0.39 is 0 Å². The summed E-state index contributed by atoms with van der Waals surface area (Å²) in [6.07, 6.45) is 0. The van der Waals surface area contributed by atoms with E-state index in [4.69, 9.17) is 11.6 Å². The summed E-state index contributed by atoms with van der Waals surface area (Å²) >= 11 is 7.89. The van der Waals surface area contributed by atoms with Crippen molar-refractivity contribution in [3.8, 4) is 0 Å². The van der Waals surface area contributed by atoms with Gasteiger partial charge in [0, 0.05) is 28.1 Å². The minimum atomic E-state index is 0.628. The fourth-order valence-corrected chi connectivity index (χ4v) is 3.08. The molecule has 1 aromatic rings. The number of nitrogens with one attached hydrogen (secondary N) is 1. The van der Waals surface area contributed by atoms with Crippen LogP contribution in [0.1, 0.15) is 11.5 Å². The third kappa shape index (κ3) is 1.85. The Labute approximate surface area is 87.9 Å². The van der Waals surface area contributed by atoms with Crippen LogP contribution < -0.4 is 5.32 Å². The van der Waals surface area contributed by atoms with E-state index in [1.165, 1.54) is 16.2 Å². The molecule has 1 nitrogen and oxygen atoms in total. The highest BCUT2D eigenvalue weighted by Crippen LogP contribution is 2.40. The Kier molecular flexibility index (Phi) is 2.82. The molecular weight excluding hydrogens is 202 g/mol. The summed E-state index contributed by atoms with van der Waals surface area (Å²) in [6.45, 7) is 1.04. The molecule has 0 bridgehead atoms. The van der Waals surface area contributed by atoms with Crippen LogP contribution in [0.3, 0.4) is 0 Å². The van der Waals surface area contributed by atoms with Gasteiger partial charge in [0.2, 0.25) is 0 Å². The lowest BCUT2D eigenvalue weighted by atomic mass is 10.0. The normalized spacial score (nSPS) is 20.3. The zero-order valence-corrected chi connectivity index (χ0v) is 9.08. The van der Waals surface area contributed by atoms with E-state index in [-0.39, 0.29) is 0 Å². The first-order chi connectivity index (χ1) is 6.31. The predicted octanol–water partition coefficient (Wildman–Crippen LogP) is 2.75. The Morgan fingerprint density at radius 2 is 2.46 bits per heavy atom. The lowest BCUT2D eigenvalue weighted by Gasteiger charge is -2.09. The van der Waals surface area contributed by atoms with Gasteiger partial charge in [0.25, 0.3) is 0 Å². The van der Waals surface area contributed by atoms with Crippen molar-refractivity contribution in [1.82, 2.24) is 5.32 Å². The van der Waals surface area contributed by atoms with E-state index in [1.807, 2.05) is 24.9 Å². The molecule has 0 aliphatic carbocycles. The third-order valence-electron chi connectivity index (χ3n) is 2.30. The Morgan fingerprint density at radius 3 is 3.23 bits per heavy atom. The highest BCUT2D eigenvalue weighted by Gasteiger charge is 2.22. The van der Waals surface area contributed by atoms with Gasteiger partial charge in [-0.15, -0.1) is 11.8 Å². The first kappa shape index (κ1) is 9.38. The Balaban J connectivity index is 2.29. The smallest absolute Gasteiger partial charge is 0.0409 e. The SMILES string of the molecule is CNCC1CSc2ccc(Cl)cc21. The van der Waals surface area contributed by atoms with Crippen molar-refractivity contribution in [2.24, 2.45) is 0 Å². The molecule has 2 rings (SSSR count). The lowest BCUT2D eigenvalue weighted by molar-refractivity contribution is 0.687. The van der Waals surface area contributed by atoms with Crippen molar-refractivity contribution in [3.05, 3.63) is 28.8 Å². The molecule has 0 radical (unpaired) electrons. The van der Waals surface area contributed by atoms with Crippen LogP contribution in [0.2, 0.25) is 5.02 Å². The second-order valence-electron chi connectivity index (χ2n) is 3.25. The zero-order chi connectivity index (χ0) is 9.26. The van der Waals surface area contributed by atoms with Crippen molar-refractivity contribution in [2.75, 3.05) is 19.3 Å². The Morgan fingerprint density at radius 1 is 1.62 bits per heavy atom. The van der Waals surface area contributed by atoms with Gasteiger partial charge in [0.05, 0.1) is 0 Å². The summed E-state index contributed by atoms with van der Waals surface area (Å²) in [5.74, 6) is 1.81. The van der Waals surface area contributed by atoms with E-state index in [2.05, 4.69) is 17.4 Å². The average molecular weight is 214 g/mol. The number of benzene rings is 1. The van der Waals surface area contributed by atoms with Crippen molar-refractivity contribution < 1.29 is 0 Å². The van der Waals surface area contributed by atoms with Crippen molar-refractivity contribution in [3.63, 3.8) is 0 Å². The van der Waals surface area contributed by atoms with Gasteiger partial charge in [0.1, 0.15) is 0 Å². The highest BCUT2D eigenvalue weighted by atomic mass is 35.5. The fourth-order valence-electron chi connectivity index (χ4n) is 1.67. The molecule has 70 valence electrons. The Hall–Kier alpha value is -0.180. The average Bonchev–Trinajstić information content (AvgIpc) is 2.49. The maximum Gasteiger partial charge on any atom is 0.0409 e. The fraction of sp³-hybridized carbons (Fsp3) is 0.400. The van der Waals surface area contributed by atoms with Crippen LogP contribution in [0.25, 0.3) is 0 Å². The van der Waals surface area contributed by atoms with Crippen LogP contribution in [0.4, 0.5) is 0 Å². The molecule has 0 saturated carbocycles. The van der Waals surface area contributed by atoms with Gasteiger partial charge in [-0.2, -0.15) is 0 Å². The first-order valence-corrected chi connectivity index (χ1v) is 5.74. The third-order valence-corrected chi connectivity index (χ3v) is 3.79. The number of rotatable bonds is 2. The summed E-state index contributed by atoms with van der Waals surface area (Å²) < 4.78 is 0. The summed E-state index contributed by atoms with van der Waals surface area (Å²) in [5.41, 5.74) is 1.41. The molecule has 0 aromatic heterocycles. The number of fused-ring (bicyclic) bond motifs is 1. The van der Waals surface area contributed by atoms with E-state index in [0.717, 1.165) is 11.6 Å². The largest absolute Gasteiger partial charge is 0.319 e. The molecule has 3 heteroatoms. The van der Waals surface area contributed by atoms with Gasteiger partial charge < -0.3 is 5.32 Å². The van der Waals surface area contributed by atoms with Gasteiger partial charge in [-0.1, -0.05) is 11.6 Å². The monoisotopic (exact) mass is 213 g/mol. The molecule has 1 aliphatic rings. The van der Waals surface area contributed by atoms with Crippen LogP contribution in [0, 0.1) is 0 Å². The van der Waals surface area contributed by atoms with Crippen LogP contribution >= 0.6 is 23.4 Å².